The fraction of sp³-hybridized carbons (Fsp3) is 0.0625. The highest BCUT2D eigenvalue weighted by Crippen LogP contribution is 2.23. The van der Waals surface area contributed by atoms with Crippen LogP contribution in [0.2, 0.25) is 0 Å². The topological polar surface area (TPSA) is 24.9 Å². The number of anilines is 1. The lowest BCUT2D eigenvalue weighted by Gasteiger charge is -2.07. The normalized spacial score (nSPS) is 10.6. The SMILES string of the molecule is Brc1ccc2cc(NCc3ccccn3)ccc2c1. The summed E-state index contributed by atoms with van der Waals surface area (Å²) < 4.78 is 1.11. The Kier molecular flexibility index (Phi) is 3.47. The van der Waals surface area contributed by atoms with Crippen molar-refractivity contribution in [2.45, 2.75) is 6.54 Å². The van der Waals surface area contributed by atoms with Crippen LogP contribution in [0.4, 0.5) is 5.69 Å². The second-order valence-electron chi connectivity index (χ2n) is 4.38. The first-order valence-corrected chi connectivity index (χ1v) is 6.94. The summed E-state index contributed by atoms with van der Waals surface area (Å²) in [4.78, 5) is 4.30. The number of aromatic nitrogens is 1. The van der Waals surface area contributed by atoms with Gasteiger partial charge in [-0.1, -0.05) is 34.1 Å². The molecule has 0 atom stereocenters. The molecule has 0 saturated carbocycles. The number of halogens is 1. The number of nitrogens with one attached hydrogen (secondary N) is 1. The number of hydrogen-bond acceptors (Lipinski definition) is 2. The number of nitrogens with zero attached hydrogens (tertiary/aromatic N) is 1. The standard InChI is InChI=1S/C16H13BrN2/c17-14-6-4-13-10-15(7-5-12(13)9-14)19-11-16-3-1-2-8-18-16/h1-10,19H,11H2. The summed E-state index contributed by atoms with van der Waals surface area (Å²) >= 11 is 3.49. The zero-order valence-electron chi connectivity index (χ0n) is 10.3. The lowest BCUT2D eigenvalue weighted by atomic mass is 10.1. The van der Waals surface area contributed by atoms with E-state index < -0.39 is 0 Å². The summed E-state index contributed by atoms with van der Waals surface area (Å²) in [6.45, 7) is 0.739. The van der Waals surface area contributed by atoms with Crippen molar-refractivity contribution in [3.05, 3.63) is 71.0 Å². The van der Waals surface area contributed by atoms with Gasteiger partial charge in [0.1, 0.15) is 0 Å². The second kappa shape index (κ2) is 5.41. The number of rotatable bonds is 3. The maximum absolute atomic E-state index is 4.30. The molecule has 0 bridgehead atoms. The van der Waals surface area contributed by atoms with E-state index in [1.54, 1.807) is 0 Å². The van der Waals surface area contributed by atoms with Crippen molar-refractivity contribution in [1.82, 2.24) is 4.98 Å². The molecule has 0 saturated heterocycles. The van der Waals surface area contributed by atoms with Crippen molar-refractivity contribution in [2.24, 2.45) is 0 Å². The molecule has 2 aromatic carbocycles. The molecule has 2 nitrogen and oxygen atoms in total. The minimum atomic E-state index is 0.739. The van der Waals surface area contributed by atoms with Gasteiger partial charge in [-0.2, -0.15) is 0 Å². The van der Waals surface area contributed by atoms with Crippen molar-refractivity contribution in [2.75, 3.05) is 5.32 Å². The molecule has 94 valence electrons. The Morgan fingerprint density at radius 2 is 1.79 bits per heavy atom. The monoisotopic (exact) mass is 312 g/mol. The van der Waals surface area contributed by atoms with Gasteiger partial charge in [0.25, 0.3) is 0 Å². The fourth-order valence-corrected chi connectivity index (χ4v) is 2.40. The molecule has 0 unspecified atom stereocenters. The predicted octanol–water partition coefficient (Wildman–Crippen LogP) is 4.61. The largest absolute Gasteiger partial charge is 0.379 e. The Hall–Kier alpha value is -1.87. The summed E-state index contributed by atoms with van der Waals surface area (Å²) in [6.07, 6.45) is 1.81. The summed E-state index contributed by atoms with van der Waals surface area (Å²) in [6, 6.07) is 18.6. The minimum absolute atomic E-state index is 0.739. The third kappa shape index (κ3) is 2.93. The predicted molar refractivity (Wildman–Crippen MR) is 83.2 cm³/mol. The Morgan fingerprint density at radius 3 is 2.63 bits per heavy atom. The number of hydrogen-bond donors (Lipinski definition) is 1. The fourth-order valence-electron chi connectivity index (χ4n) is 2.02. The molecule has 3 rings (SSSR count). The van der Waals surface area contributed by atoms with Crippen molar-refractivity contribution in [1.29, 1.82) is 0 Å². The summed E-state index contributed by atoms with van der Waals surface area (Å²) in [5, 5.41) is 5.86. The smallest absolute Gasteiger partial charge is 0.0594 e. The van der Waals surface area contributed by atoms with Gasteiger partial charge in [0.05, 0.1) is 12.2 Å². The van der Waals surface area contributed by atoms with Gasteiger partial charge < -0.3 is 5.32 Å². The average Bonchev–Trinajstić information content (AvgIpc) is 2.46. The maximum atomic E-state index is 4.30. The molecule has 3 aromatic rings. The van der Waals surface area contributed by atoms with Crippen molar-refractivity contribution in [3.63, 3.8) is 0 Å². The summed E-state index contributed by atoms with van der Waals surface area (Å²) in [5.41, 5.74) is 2.15. The first-order valence-electron chi connectivity index (χ1n) is 6.14. The molecule has 19 heavy (non-hydrogen) atoms. The molecule has 1 aromatic heterocycles. The second-order valence-corrected chi connectivity index (χ2v) is 5.30. The van der Waals surface area contributed by atoms with Crippen LogP contribution < -0.4 is 5.32 Å². The van der Waals surface area contributed by atoms with Gasteiger partial charge in [-0.15, -0.1) is 0 Å². The van der Waals surface area contributed by atoms with Crippen LogP contribution >= 0.6 is 15.9 Å². The lowest BCUT2D eigenvalue weighted by Crippen LogP contribution is -2.00. The molecule has 0 aliphatic rings. The van der Waals surface area contributed by atoms with E-state index in [1.165, 1.54) is 10.8 Å². The molecule has 3 heteroatoms. The quantitative estimate of drug-likeness (QED) is 0.764. The van der Waals surface area contributed by atoms with E-state index in [1.807, 2.05) is 24.4 Å². The van der Waals surface area contributed by atoms with E-state index in [4.69, 9.17) is 0 Å². The summed E-state index contributed by atoms with van der Waals surface area (Å²) in [5.74, 6) is 0. The van der Waals surface area contributed by atoms with Gasteiger partial charge >= 0.3 is 0 Å². The Labute approximate surface area is 120 Å². The van der Waals surface area contributed by atoms with Crippen LogP contribution in [0.25, 0.3) is 10.8 Å². The van der Waals surface area contributed by atoms with Gasteiger partial charge in [0.15, 0.2) is 0 Å². The number of pyridine rings is 1. The molecule has 0 spiro atoms. The molecule has 0 fully saturated rings. The number of fused-ring (bicyclic) bond motifs is 1. The highest BCUT2D eigenvalue weighted by molar-refractivity contribution is 9.10. The molecular weight excluding hydrogens is 300 g/mol. The Bertz CT molecular complexity index is 695. The van der Waals surface area contributed by atoms with E-state index in [0.29, 0.717) is 0 Å². The van der Waals surface area contributed by atoms with Crippen LogP contribution in [-0.4, -0.2) is 4.98 Å². The Morgan fingerprint density at radius 1 is 0.947 bits per heavy atom. The van der Waals surface area contributed by atoms with E-state index >= 15 is 0 Å². The first kappa shape index (κ1) is 12.2. The molecule has 0 amide bonds. The third-order valence-corrected chi connectivity index (χ3v) is 3.50. The van der Waals surface area contributed by atoms with E-state index in [-0.39, 0.29) is 0 Å². The first-order chi connectivity index (χ1) is 9.31. The van der Waals surface area contributed by atoms with Crippen LogP contribution in [0.3, 0.4) is 0 Å². The van der Waals surface area contributed by atoms with Gasteiger partial charge in [0, 0.05) is 16.4 Å². The zero-order chi connectivity index (χ0) is 13.1. The van der Waals surface area contributed by atoms with Crippen LogP contribution in [0.1, 0.15) is 5.69 Å². The van der Waals surface area contributed by atoms with Crippen LogP contribution in [0.5, 0.6) is 0 Å². The van der Waals surface area contributed by atoms with Crippen LogP contribution in [-0.2, 0) is 6.54 Å². The molecule has 0 aliphatic carbocycles. The van der Waals surface area contributed by atoms with Gasteiger partial charge in [-0.25, -0.2) is 0 Å². The van der Waals surface area contributed by atoms with Crippen molar-refractivity contribution in [3.8, 4) is 0 Å². The van der Waals surface area contributed by atoms with Crippen LogP contribution in [0, 0.1) is 0 Å². The molecule has 0 radical (unpaired) electrons. The van der Waals surface area contributed by atoms with Gasteiger partial charge in [-0.05, 0) is 47.2 Å². The minimum Gasteiger partial charge on any atom is -0.379 e. The van der Waals surface area contributed by atoms with Gasteiger partial charge in [-0.3, -0.25) is 4.98 Å². The van der Waals surface area contributed by atoms with Crippen molar-refractivity contribution >= 4 is 32.4 Å². The summed E-state index contributed by atoms with van der Waals surface area (Å²) in [7, 11) is 0. The number of benzene rings is 2. The third-order valence-electron chi connectivity index (χ3n) is 3.00. The zero-order valence-corrected chi connectivity index (χ0v) is 11.9. The molecule has 1 N–H and O–H groups in total. The molecule has 0 aliphatic heterocycles. The van der Waals surface area contributed by atoms with Crippen LogP contribution in [0.15, 0.2) is 65.3 Å². The van der Waals surface area contributed by atoms with E-state index in [9.17, 15) is 0 Å². The Balaban J connectivity index is 1.80. The van der Waals surface area contributed by atoms with Gasteiger partial charge in [0.2, 0.25) is 0 Å². The highest BCUT2D eigenvalue weighted by atomic mass is 79.9. The average molecular weight is 313 g/mol. The van der Waals surface area contributed by atoms with E-state index in [0.717, 1.165) is 22.4 Å². The van der Waals surface area contributed by atoms with E-state index in [2.05, 4.69) is 62.6 Å². The molecular formula is C16H13BrN2. The highest BCUT2D eigenvalue weighted by Gasteiger charge is 1.98. The lowest BCUT2D eigenvalue weighted by molar-refractivity contribution is 1.05. The maximum Gasteiger partial charge on any atom is 0.0594 e. The van der Waals surface area contributed by atoms with Crippen molar-refractivity contribution < 1.29 is 0 Å². The molecule has 1 heterocycles.